The number of rotatable bonds is 9. The van der Waals surface area contributed by atoms with Crippen LogP contribution in [0.3, 0.4) is 0 Å². The first kappa shape index (κ1) is 20.5. The molecule has 0 saturated carbocycles. The van der Waals surface area contributed by atoms with Crippen LogP contribution in [0, 0.1) is 5.82 Å². The highest BCUT2D eigenvalue weighted by molar-refractivity contribution is 5.71. The van der Waals surface area contributed by atoms with Crippen molar-refractivity contribution in [3.05, 3.63) is 65.5 Å². The van der Waals surface area contributed by atoms with Crippen molar-refractivity contribution in [2.75, 3.05) is 34.4 Å². The lowest BCUT2D eigenvalue weighted by Gasteiger charge is -2.19. The van der Waals surface area contributed by atoms with E-state index in [1.54, 1.807) is 26.4 Å². The Balaban J connectivity index is 2.06. The minimum atomic E-state index is -0.323. The van der Waals surface area contributed by atoms with E-state index in [1.807, 2.05) is 35.3 Å². The standard InChI is InChI=1S/C21H24FNO4/c1-25-19-11-8-16(13-20(19)26-2)5-4-12-23(15-21(24)27-3)14-17-6-9-18(22)10-7-17/h4-11,13H,12,14-15H2,1-3H3/b5-4-. The van der Waals surface area contributed by atoms with Crippen LogP contribution in [0.1, 0.15) is 11.1 Å². The zero-order chi connectivity index (χ0) is 19.6. The van der Waals surface area contributed by atoms with E-state index in [0.29, 0.717) is 24.6 Å². The quantitative estimate of drug-likeness (QED) is 0.630. The molecule has 0 aromatic heterocycles. The van der Waals surface area contributed by atoms with Gasteiger partial charge in [-0.2, -0.15) is 0 Å². The molecule has 2 rings (SSSR count). The van der Waals surface area contributed by atoms with Gasteiger partial charge in [0.05, 0.1) is 27.9 Å². The molecule has 2 aromatic carbocycles. The second-order valence-corrected chi connectivity index (χ2v) is 5.89. The van der Waals surface area contributed by atoms with Crippen molar-refractivity contribution in [3.8, 4) is 11.5 Å². The fourth-order valence-electron chi connectivity index (χ4n) is 2.57. The Hall–Kier alpha value is -2.86. The van der Waals surface area contributed by atoms with E-state index >= 15 is 0 Å². The largest absolute Gasteiger partial charge is 0.493 e. The predicted octanol–water partition coefficient (Wildman–Crippen LogP) is 3.53. The Morgan fingerprint density at radius 2 is 1.74 bits per heavy atom. The summed E-state index contributed by atoms with van der Waals surface area (Å²) in [5.74, 6) is 0.707. The first-order valence-electron chi connectivity index (χ1n) is 8.48. The summed E-state index contributed by atoms with van der Waals surface area (Å²) in [6, 6.07) is 11.9. The van der Waals surface area contributed by atoms with Crippen molar-refractivity contribution in [2.24, 2.45) is 0 Å². The van der Waals surface area contributed by atoms with Gasteiger partial charge in [0.2, 0.25) is 0 Å². The van der Waals surface area contributed by atoms with Crippen molar-refractivity contribution < 1.29 is 23.4 Å². The van der Waals surface area contributed by atoms with E-state index in [0.717, 1.165) is 11.1 Å². The second-order valence-electron chi connectivity index (χ2n) is 5.89. The molecular formula is C21H24FNO4. The lowest BCUT2D eigenvalue weighted by atomic mass is 10.1. The maximum atomic E-state index is 13.1. The molecule has 0 heterocycles. The molecule has 144 valence electrons. The van der Waals surface area contributed by atoms with E-state index in [-0.39, 0.29) is 18.3 Å². The van der Waals surface area contributed by atoms with Gasteiger partial charge in [-0.1, -0.05) is 30.4 Å². The normalized spacial score (nSPS) is 11.0. The molecule has 0 aliphatic rings. The summed E-state index contributed by atoms with van der Waals surface area (Å²) < 4.78 is 28.4. The van der Waals surface area contributed by atoms with Gasteiger partial charge >= 0.3 is 5.97 Å². The Bertz CT molecular complexity index is 774. The number of nitrogens with zero attached hydrogens (tertiary/aromatic N) is 1. The monoisotopic (exact) mass is 373 g/mol. The smallest absolute Gasteiger partial charge is 0.319 e. The number of hydrogen-bond acceptors (Lipinski definition) is 5. The van der Waals surface area contributed by atoms with Crippen molar-refractivity contribution in [3.63, 3.8) is 0 Å². The van der Waals surface area contributed by atoms with Crippen LogP contribution in [0.5, 0.6) is 11.5 Å². The summed E-state index contributed by atoms with van der Waals surface area (Å²) in [5.41, 5.74) is 1.87. The number of esters is 1. The molecule has 0 bridgehead atoms. The van der Waals surface area contributed by atoms with Crippen LogP contribution in [0.15, 0.2) is 48.5 Å². The number of carbonyl (C=O) groups excluding carboxylic acids is 1. The number of hydrogen-bond donors (Lipinski definition) is 0. The second kappa shape index (κ2) is 10.3. The predicted molar refractivity (Wildman–Crippen MR) is 102 cm³/mol. The SMILES string of the molecule is COC(=O)CN(C/C=C\c1ccc(OC)c(OC)c1)Cc1ccc(F)cc1. The summed E-state index contributed by atoms with van der Waals surface area (Å²) in [6.07, 6.45) is 3.89. The fourth-order valence-corrected chi connectivity index (χ4v) is 2.57. The summed E-state index contributed by atoms with van der Waals surface area (Å²) in [6.45, 7) is 1.18. The number of benzene rings is 2. The molecule has 0 N–H and O–H groups in total. The maximum absolute atomic E-state index is 13.1. The van der Waals surface area contributed by atoms with Gasteiger partial charge in [0.15, 0.2) is 11.5 Å². The van der Waals surface area contributed by atoms with Crippen LogP contribution in [-0.4, -0.2) is 45.3 Å². The molecule has 0 amide bonds. The van der Waals surface area contributed by atoms with Gasteiger partial charge in [0.1, 0.15) is 5.82 Å². The third-order valence-electron chi connectivity index (χ3n) is 3.98. The average Bonchev–Trinajstić information content (AvgIpc) is 2.69. The van der Waals surface area contributed by atoms with Gasteiger partial charge < -0.3 is 14.2 Å². The van der Waals surface area contributed by atoms with Gasteiger partial charge in [-0.25, -0.2) is 4.39 Å². The molecule has 0 atom stereocenters. The molecule has 0 unspecified atom stereocenters. The van der Waals surface area contributed by atoms with E-state index in [4.69, 9.17) is 14.2 Å². The number of carbonyl (C=O) groups is 1. The van der Waals surface area contributed by atoms with Gasteiger partial charge in [-0.05, 0) is 35.4 Å². The first-order chi connectivity index (χ1) is 13.0. The van der Waals surface area contributed by atoms with Gasteiger partial charge in [-0.15, -0.1) is 0 Å². The van der Waals surface area contributed by atoms with E-state index in [2.05, 4.69) is 0 Å². The highest BCUT2D eigenvalue weighted by Gasteiger charge is 2.11. The average molecular weight is 373 g/mol. The highest BCUT2D eigenvalue weighted by atomic mass is 19.1. The summed E-state index contributed by atoms with van der Waals surface area (Å²) in [4.78, 5) is 13.6. The van der Waals surface area contributed by atoms with Gasteiger partial charge in [0.25, 0.3) is 0 Å². The maximum Gasteiger partial charge on any atom is 0.319 e. The molecule has 27 heavy (non-hydrogen) atoms. The van der Waals surface area contributed by atoms with Crippen LogP contribution in [-0.2, 0) is 16.1 Å². The minimum Gasteiger partial charge on any atom is -0.493 e. The van der Waals surface area contributed by atoms with Crippen molar-refractivity contribution in [2.45, 2.75) is 6.54 Å². The molecule has 0 saturated heterocycles. The Labute approximate surface area is 159 Å². The van der Waals surface area contributed by atoms with Gasteiger partial charge in [-0.3, -0.25) is 9.69 Å². The zero-order valence-electron chi connectivity index (χ0n) is 15.8. The van der Waals surface area contributed by atoms with E-state index in [9.17, 15) is 9.18 Å². The molecule has 5 nitrogen and oxygen atoms in total. The lowest BCUT2D eigenvalue weighted by Crippen LogP contribution is -2.30. The first-order valence-corrected chi connectivity index (χ1v) is 8.48. The van der Waals surface area contributed by atoms with Crippen molar-refractivity contribution in [1.29, 1.82) is 0 Å². The van der Waals surface area contributed by atoms with Crippen molar-refractivity contribution in [1.82, 2.24) is 4.90 Å². The summed E-state index contributed by atoms with van der Waals surface area (Å²) in [5, 5.41) is 0. The Kier molecular flexibility index (Phi) is 7.82. The topological polar surface area (TPSA) is 48.0 Å². The zero-order valence-corrected chi connectivity index (χ0v) is 15.8. The van der Waals surface area contributed by atoms with E-state index < -0.39 is 0 Å². The van der Waals surface area contributed by atoms with Crippen LogP contribution in [0.4, 0.5) is 4.39 Å². The molecule has 0 radical (unpaired) electrons. The molecule has 2 aromatic rings. The fraction of sp³-hybridized carbons (Fsp3) is 0.286. The molecule has 0 fully saturated rings. The highest BCUT2D eigenvalue weighted by Crippen LogP contribution is 2.27. The molecule has 0 aliphatic carbocycles. The van der Waals surface area contributed by atoms with Crippen LogP contribution in [0.25, 0.3) is 6.08 Å². The van der Waals surface area contributed by atoms with E-state index in [1.165, 1.54) is 19.2 Å². The number of ether oxygens (including phenoxy) is 3. The summed E-state index contributed by atoms with van der Waals surface area (Å²) >= 11 is 0. The minimum absolute atomic E-state index is 0.143. The van der Waals surface area contributed by atoms with Crippen LogP contribution in [0.2, 0.25) is 0 Å². The molecular weight excluding hydrogens is 349 g/mol. The molecule has 0 aliphatic heterocycles. The Morgan fingerprint density at radius 1 is 1.04 bits per heavy atom. The third kappa shape index (κ3) is 6.42. The van der Waals surface area contributed by atoms with Crippen molar-refractivity contribution >= 4 is 12.0 Å². The van der Waals surface area contributed by atoms with Crippen LogP contribution < -0.4 is 9.47 Å². The summed E-state index contributed by atoms with van der Waals surface area (Å²) in [7, 11) is 4.54. The Morgan fingerprint density at radius 3 is 2.37 bits per heavy atom. The number of halogens is 1. The molecule has 6 heteroatoms. The lowest BCUT2D eigenvalue weighted by molar-refractivity contribution is -0.141. The van der Waals surface area contributed by atoms with Gasteiger partial charge in [0, 0.05) is 13.1 Å². The number of methoxy groups -OCH3 is 3. The third-order valence-corrected chi connectivity index (χ3v) is 3.98. The molecule has 0 spiro atoms. The van der Waals surface area contributed by atoms with Crippen LogP contribution >= 0.6 is 0 Å².